The van der Waals surface area contributed by atoms with E-state index in [2.05, 4.69) is 5.32 Å². The topological polar surface area (TPSA) is 143 Å². The zero-order chi connectivity index (χ0) is 15.3. The van der Waals surface area contributed by atoms with E-state index in [1.54, 1.807) is 0 Å². The Balaban J connectivity index is 3.09. The number of anilines is 2. The lowest BCUT2D eigenvalue weighted by Crippen LogP contribution is -2.24. The molecule has 0 amide bonds. The van der Waals surface area contributed by atoms with E-state index in [-0.39, 0.29) is 17.9 Å². The number of ether oxygens (including phenoxy) is 2. The van der Waals surface area contributed by atoms with Crippen LogP contribution < -0.4 is 11.1 Å². The van der Waals surface area contributed by atoms with Crippen LogP contribution in [0.5, 0.6) is 0 Å². The second-order valence-electron chi connectivity index (χ2n) is 3.72. The lowest BCUT2D eigenvalue weighted by Gasteiger charge is -2.15. The molecule has 20 heavy (non-hydrogen) atoms. The highest BCUT2D eigenvalue weighted by Crippen LogP contribution is 2.34. The first-order valence-corrected chi connectivity index (χ1v) is 5.42. The Bertz CT molecular complexity index is 517. The zero-order valence-electron chi connectivity index (χ0n) is 10.9. The minimum atomic E-state index is -0.779. The largest absolute Gasteiger partial charge is 0.393 e. The number of nitrogens with one attached hydrogen (secondary N) is 1. The number of nitro groups is 2. The normalized spacial score (nSPS) is 10.6. The molecule has 0 aliphatic rings. The Morgan fingerprint density at radius 1 is 1.20 bits per heavy atom. The minimum Gasteiger partial charge on any atom is -0.393 e. The number of rotatable bonds is 7. The Kier molecular flexibility index (Phi) is 5.17. The summed E-state index contributed by atoms with van der Waals surface area (Å²) in [6.07, 6.45) is -0.619. The van der Waals surface area contributed by atoms with Crippen molar-refractivity contribution in [2.24, 2.45) is 0 Å². The average molecular weight is 286 g/mol. The van der Waals surface area contributed by atoms with Crippen molar-refractivity contribution in [1.29, 1.82) is 0 Å². The molecule has 10 nitrogen and oxygen atoms in total. The first-order valence-electron chi connectivity index (χ1n) is 5.42. The number of nitrogen functional groups attached to an aromatic ring is 1. The van der Waals surface area contributed by atoms with E-state index in [1.165, 1.54) is 14.2 Å². The molecule has 10 heteroatoms. The fourth-order valence-electron chi connectivity index (χ4n) is 1.50. The van der Waals surface area contributed by atoms with Crippen LogP contribution in [0.2, 0.25) is 0 Å². The molecule has 0 aliphatic carbocycles. The van der Waals surface area contributed by atoms with Crippen LogP contribution >= 0.6 is 0 Å². The van der Waals surface area contributed by atoms with Crippen LogP contribution in [-0.4, -0.2) is 36.9 Å². The van der Waals surface area contributed by atoms with Gasteiger partial charge in [-0.3, -0.25) is 20.2 Å². The molecule has 1 rings (SSSR count). The van der Waals surface area contributed by atoms with Crippen molar-refractivity contribution in [2.75, 3.05) is 31.8 Å². The van der Waals surface area contributed by atoms with Crippen LogP contribution in [0.25, 0.3) is 0 Å². The van der Waals surface area contributed by atoms with Crippen LogP contribution in [0.1, 0.15) is 0 Å². The molecule has 0 unspecified atom stereocenters. The maximum absolute atomic E-state index is 10.9. The van der Waals surface area contributed by atoms with Gasteiger partial charge in [0.15, 0.2) is 6.29 Å². The summed E-state index contributed by atoms with van der Waals surface area (Å²) < 4.78 is 9.84. The maximum Gasteiger partial charge on any atom is 0.299 e. The van der Waals surface area contributed by atoms with Crippen molar-refractivity contribution in [3.63, 3.8) is 0 Å². The third-order valence-corrected chi connectivity index (χ3v) is 2.52. The number of hydrogen-bond donors (Lipinski definition) is 2. The number of nitrogens with zero attached hydrogens (tertiary/aromatic N) is 2. The second kappa shape index (κ2) is 6.63. The molecule has 0 spiro atoms. The van der Waals surface area contributed by atoms with E-state index in [0.29, 0.717) is 0 Å². The molecule has 3 N–H and O–H groups in total. The molecular weight excluding hydrogens is 272 g/mol. The van der Waals surface area contributed by atoms with E-state index >= 15 is 0 Å². The minimum absolute atomic E-state index is 0.0530. The van der Waals surface area contributed by atoms with Crippen LogP contribution in [0, 0.1) is 20.2 Å². The molecule has 0 fully saturated rings. The molecule has 0 radical (unpaired) electrons. The van der Waals surface area contributed by atoms with Crippen molar-refractivity contribution < 1.29 is 19.3 Å². The molecule has 0 aliphatic heterocycles. The molecule has 1 aromatic rings. The molecule has 1 aromatic carbocycles. The molecule has 0 saturated heterocycles. The van der Waals surface area contributed by atoms with Gasteiger partial charge in [-0.2, -0.15) is 0 Å². The van der Waals surface area contributed by atoms with Crippen LogP contribution in [0.4, 0.5) is 22.7 Å². The van der Waals surface area contributed by atoms with Crippen LogP contribution in [0.3, 0.4) is 0 Å². The van der Waals surface area contributed by atoms with Gasteiger partial charge in [0.2, 0.25) is 0 Å². The van der Waals surface area contributed by atoms with Gasteiger partial charge in [0, 0.05) is 14.2 Å². The molecule has 0 saturated carbocycles. The van der Waals surface area contributed by atoms with Crippen LogP contribution in [-0.2, 0) is 9.47 Å². The summed E-state index contributed by atoms with van der Waals surface area (Å²) in [6, 6.07) is 1.95. The van der Waals surface area contributed by atoms with Gasteiger partial charge in [0.25, 0.3) is 11.4 Å². The molecule has 0 heterocycles. The van der Waals surface area contributed by atoms with E-state index in [4.69, 9.17) is 15.2 Å². The predicted octanol–water partition coefficient (Wildman–Crippen LogP) is 1.12. The van der Waals surface area contributed by atoms with Gasteiger partial charge < -0.3 is 20.5 Å². The van der Waals surface area contributed by atoms with Gasteiger partial charge in [-0.1, -0.05) is 0 Å². The maximum atomic E-state index is 10.9. The lowest BCUT2D eigenvalue weighted by atomic mass is 10.2. The summed E-state index contributed by atoms with van der Waals surface area (Å²) in [5.74, 6) is 0. The van der Waals surface area contributed by atoms with Gasteiger partial charge in [0.05, 0.1) is 22.5 Å². The molecule has 110 valence electrons. The summed E-state index contributed by atoms with van der Waals surface area (Å²) in [4.78, 5) is 20.1. The first kappa shape index (κ1) is 15.6. The van der Waals surface area contributed by atoms with Gasteiger partial charge in [0.1, 0.15) is 11.4 Å². The summed E-state index contributed by atoms with van der Waals surface area (Å²) in [5.41, 5.74) is 4.41. The van der Waals surface area contributed by atoms with Crippen molar-refractivity contribution >= 4 is 22.7 Å². The van der Waals surface area contributed by atoms with Gasteiger partial charge in [-0.25, -0.2) is 0 Å². The van der Waals surface area contributed by atoms with Gasteiger partial charge >= 0.3 is 0 Å². The fraction of sp³-hybridized carbons (Fsp3) is 0.400. The fourth-order valence-corrected chi connectivity index (χ4v) is 1.50. The predicted molar refractivity (Wildman–Crippen MR) is 70.5 cm³/mol. The molecular formula is C10H14N4O6. The number of benzene rings is 1. The van der Waals surface area contributed by atoms with Crippen molar-refractivity contribution in [3.8, 4) is 0 Å². The standard InChI is InChI=1S/C10H14N4O6/c1-19-10(20-2)5-12-7-3-6(11)8(13(15)16)4-9(7)14(17)18/h3-4,10,12H,5,11H2,1-2H3. The van der Waals surface area contributed by atoms with Gasteiger partial charge in [-0.15, -0.1) is 0 Å². The number of methoxy groups -OCH3 is 2. The van der Waals surface area contributed by atoms with E-state index in [0.717, 1.165) is 12.1 Å². The highest BCUT2D eigenvalue weighted by atomic mass is 16.7. The zero-order valence-corrected chi connectivity index (χ0v) is 10.9. The van der Waals surface area contributed by atoms with E-state index < -0.39 is 27.5 Å². The Morgan fingerprint density at radius 2 is 1.75 bits per heavy atom. The molecule has 0 aromatic heterocycles. The Morgan fingerprint density at radius 3 is 2.20 bits per heavy atom. The number of nitro benzene ring substituents is 2. The van der Waals surface area contributed by atoms with E-state index in [9.17, 15) is 20.2 Å². The Labute approximate surface area is 113 Å². The highest BCUT2D eigenvalue weighted by Gasteiger charge is 2.23. The number of nitrogens with two attached hydrogens (primary N) is 1. The van der Waals surface area contributed by atoms with Crippen molar-refractivity contribution in [3.05, 3.63) is 32.4 Å². The number of hydrogen-bond acceptors (Lipinski definition) is 8. The second-order valence-corrected chi connectivity index (χ2v) is 3.72. The monoisotopic (exact) mass is 286 g/mol. The summed E-state index contributed by atoms with van der Waals surface area (Å²) in [6.45, 7) is 0.116. The molecule has 0 atom stereocenters. The average Bonchev–Trinajstić information content (AvgIpc) is 2.39. The Hall–Kier alpha value is -2.46. The quantitative estimate of drug-likeness (QED) is 0.328. The van der Waals surface area contributed by atoms with Crippen molar-refractivity contribution in [2.45, 2.75) is 6.29 Å². The van der Waals surface area contributed by atoms with E-state index in [1.807, 2.05) is 0 Å². The van der Waals surface area contributed by atoms with Crippen LogP contribution in [0.15, 0.2) is 12.1 Å². The SMILES string of the molecule is COC(CNc1cc(N)c([N+](=O)[O-])cc1[N+](=O)[O-])OC. The third-order valence-electron chi connectivity index (χ3n) is 2.52. The van der Waals surface area contributed by atoms with Crippen molar-refractivity contribution in [1.82, 2.24) is 0 Å². The third kappa shape index (κ3) is 3.52. The lowest BCUT2D eigenvalue weighted by molar-refractivity contribution is -0.393. The molecule has 0 bridgehead atoms. The highest BCUT2D eigenvalue weighted by molar-refractivity contribution is 5.75. The summed E-state index contributed by atoms with van der Waals surface area (Å²) in [7, 11) is 2.82. The first-order chi connectivity index (χ1) is 9.40. The smallest absolute Gasteiger partial charge is 0.299 e. The summed E-state index contributed by atoms with van der Waals surface area (Å²) >= 11 is 0. The summed E-state index contributed by atoms with van der Waals surface area (Å²) in [5, 5.41) is 24.3. The van der Waals surface area contributed by atoms with Gasteiger partial charge in [-0.05, 0) is 6.07 Å².